The Kier molecular flexibility index (Phi) is 6.98. The molecular weight excluding hydrogens is 378 g/mol. The van der Waals surface area contributed by atoms with Crippen LogP contribution in [0.2, 0.25) is 0 Å². The first-order chi connectivity index (χ1) is 14.1. The van der Waals surface area contributed by atoms with Crippen molar-refractivity contribution in [1.82, 2.24) is 10.9 Å². The molecule has 0 bridgehead atoms. The molecule has 0 heterocycles. The molecule has 0 spiro atoms. The maximum atomic E-state index is 13.0. The predicted octanol–water partition coefficient (Wildman–Crippen LogP) is 4.71. The first-order valence-electron chi connectivity index (χ1n) is 9.65. The molecule has 5 heteroatoms. The molecule has 148 valence electrons. The van der Waals surface area contributed by atoms with E-state index in [1.807, 2.05) is 79.7 Å². The quantitative estimate of drug-likeness (QED) is 0.427. The second-order valence-electron chi connectivity index (χ2n) is 6.79. The Labute approximate surface area is 177 Å². The SMILES string of the molecule is CCc1cccc(C)c1NC(=S)NNC(=O)C(c1ccccc1)c1ccccc1. The average molecular weight is 404 g/mol. The maximum Gasteiger partial charge on any atom is 0.250 e. The summed E-state index contributed by atoms with van der Waals surface area (Å²) >= 11 is 5.40. The molecule has 3 aromatic rings. The van der Waals surface area contributed by atoms with Crippen LogP contribution in [0.5, 0.6) is 0 Å². The van der Waals surface area contributed by atoms with Crippen LogP contribution < -0.4 is 16.2 Å². The number of hydrogen-bond donors (Lipinski definition) is 3. The minimum atomic E-state index is -0.433. The van der Waals surface area contributed by atoms with Gasteiger partial charge in [0.1, 0.15) is 0 Å². The van der Waals surface area contributed by atoms with Gasteiger partial charge in [-0.25, -0.2) is 0 Å². The molecule has 0 aliphatic rings. The Morgan fingerprint density at radius 1 is 0.862 bits per heavy atom. The van der Waals surface area contributed by atoms with Gasteiger partial charge in [-0.3, -0.25) is 15.6 Å². The molecule has 0 saturated heterocycles. The van der Waals surface area contributed by atoms with E-state index in [9.17, 15) is 4.79 Å². The van der Waals surface area contributed by atoms with Gasteiger partial charge in [0.25, 0.3) is 0 Å². The van der Waals surface area contributed by atoms with Gasteiger partial charge in [0.05, 0.1) is 5.92 Å². The van der Waals surface area contributed by atoms with Gasteiger partial charge in [-0.15, -0.1) is 0 Å². The van der Waals surface area contributed by atoms with Gasteiger partial charge >= 0.3 is 0 Å². The van der Waals surface area contributed by atoms with E-state index in [-0.39, 0.29) is 5.91 Å². The smallest absolute Gasteiger partial charge is 0.250 e. The average Bonchev–Trinajstić information content (AvgIpc) is 2.75. The van der Waals surface area contributed by atoms with Crippen molar-refractivity contribution in [3.63, 3.8) is 0 Å². The summed E-state index contributed by atoms with van der Waals surface area (Å²) in [5.41, 5.74) is 10.7. The second kappa shape index (κ2) is 9.85. The Hall–Kier alpha value is -3.18. The summed E-state index contributed by atoms with van der Waals surface area (Å²) in [7, 11) is 0. The summed E-state index contributed by atoms with van der Waals surface area (Å²) < 4.78 is 0. The third-order valence-corrected chi connectivity index (χ3v) is 5.01. The van der Waals surface area contributed by atoms with Crippen LogP contribution in [0.4, 0.5) is 5.69 Å². The Balaban J connectivity index is 1.72. The maximum absolute atomic E-state index is 13.0. The van der Waals surface area contributed by atoms with Gasteiger partial charge < -0.3 is 5.32 Å². The lowest BCUT2D eigenvalue weighted by atomic mass is 9.91. The molecule has 0 saturated carbocycles. The zero-order valence-corrected chi connectivity index (χ0v) is 17.4. The highest BCUT2D eigenvalue weighted by atomic mass is 32.1. The molecule has 0 atom stereocenters. The Morgan fingerprint density at radius 2 is 1.45 bits per heavy atom. The number of carbonyl (C=O) groups is 1. The van der Waals surface area contributed by atoms with E-state index in [0.717, 1.165) is 28.8 Å². The fourth-order valence-electron chi connectivity index (χ4n) is 3.32. The highest BCUT2D eigenvalue weighted by molar-refractivity contribution is 7.80. The van der Waals surface area contributed by atoms with Crippen LogP contribution in [0.1, 0.15) is 35.1 Å². The Bertz CT molecular complexity index is 934. The van der Waals surface area contributed by atoms with E-state index < -0.39 is 5.92 Å². The third-order valence-electron chi connectivity index (χ3n) is 4.81. The van der Waals surface area contributed by atoms with Crippen LogP contribution in [0.25, 0.3) is 0 Å². The van der Waals surface area contributed by atoms with Crippen molar-refractivity contribution in [2.24, 2.45) is 0 Å². The third kappa shape index (κ3) is 5.21. The van der Waals surface area contributed by atoms with E-state index >= 15 is 0 Å². The zero-order chi connectivity index (χ0) is 20.6. The first kappa shape index (κ1) is 20.6. The van der Waals surface area contributed by atoms with Gasteiger partial charge in [0.2, 0.25) is 5.91 Å². The lowest BCUT2D eigenvalue weighted by Gasteiger charge is -2.20. The first-order valence-corrected chi connectivity index (χ1v) is 10.1. The van der Waals surface area contributed by atoms with Crippen LogP contribution in [0.15, 0.2) is 78.9 Å². The van der Waals surface area contributed by atoms with Crippen LogP contribution in [0, 0.1) is 6.92 Å². The van der Waals surface area contributed by atoms with Crippen molar-refractivity contribution in [1.29, 1.82) is 0 Å². The molecule has 0 aliphatic heterocycles. The number of carbonyl (C=O) groups excluding carboxylic acids is 1. The number of hydrogen-bond acceptors (Lipinski definition) is 2. The summed E-state index contributed by atoms with van der Waals surface area (Å²) in [5.74, 6) is -0.607. The number of anilines is 1. The molecular formula is C24H25N3OS. The van der Waals surface area contributed by atoms with Crippen molar-refractivity contribution in [2.75, 3.05) is 5.32 Å². The van der Waals surface area contributed by atoms with E-state index in [2.05, 4.69) is 29.2 Å². The molecule has 29 heavy (non-hydrogen) atoms. The monoisotopic (exact) mass is 403 g/mol. The van der Waals surface area contributed by atoms with Crippen molar-refractivity contribution in [2.45, 2.75) is 26.2 Å². The van der Waals surface area contributed by atoms with Crippen molar-refractivity contribution >= 4 is 28.9 Å². The highest BCUT2D eigenvalue weighted by Crippen LogP contribution is 2.24. The molecule has 0 fully saturated rings. The Morgan fingerprint density at radius 3 is 2.00 bits per heavy atom. The topological polar surface area (TPSA) is 53.2 Å². The zero-order valence-electron chi connectivity index (χ0n) is 16.6. The molecule has 0 aliphatic carbocycles. The summed E-state index contributed by atoms with van der Waals surface area (Å²) in [6.07, 6.45) is 0.892. The van der Waals surface area contributed by atoms with Gasteiger partial charge in [-0.05, 0) is 47.8 Å². The number of nitrogens with one attached hydrogen (secondary N) is 3. The van der Waals surface area contributed by atoms with Gasteiger partial charge in [-0.2, -0.15) is 0 Å². The minimum absolute atomic E-state index is 0.174. The number of benzene rings is 3. The molecule has 1 amide bonds. The number of para-hydroxylation sites is 1. The van der Waals surface area contributed by atoms with Gasteiger partial charge in [-0.1, -0.05) is 85.8 Å². The van der Waals surface area contributed by atoms with Gasteiger partial charge in [0, 0.05) is 5.69 Å². The fraction of sp³-hybridized carbons (Fsp3) is 0.167. The number of amides is 1. The molecule has 0 unspecified atom stereocenters. The van der Waals surface area contributed by atoms with Crippen molar-refractivity contribution < 1.29 is 4.79 Å². The number of thiocarbonyl (C=S) groups is 1. The molecule has 0 radical (unpaired) electrons. The predicted molar refractivity (Wildman–Crippen MR) is 123 cm³/mol. The fourth-order valence-corrected chi connectivity index (χ4v) is 3.48. The number of rotatable bonds is 5. The number of aryl methyl sites for hydroxylation is 2. The summed E-state index contributed by atoms with van der Waals surface area (Å²) in [6.45, 7) is 4.13. The van der Waals surface area contributed by atoms with E-state index in [0.29, 0.717) is 5.11 Å². The second-order valence-corrected chi connectivity index (χ2v) is 7.19. The van der Waals surface area contributed by atoms with E-state index in [1.165, 1.54) is 5.56 Å². The van der Waals surface area contributed by atoms with Crippen LogP contribution >= 0.6 is 12.2 Å². The lowest BCUT2D eigenvalue weighted by Crippen LogP contribution is -2.46. The molecule has 3 N–H and O–H groups in total. The number of hydrazine groups is 1. The molecule has 4 nitrogen and oxygen atoms in total. The van der Waals surface area contributed by atoms with Crippen molar-refractivity contribution in [3.8, 4) is 0 Å². The summed E-state index contributed by atoms with van der Waals surface area (Å²) in [6, 6.07) is 25.6. The van der Waals surface area contributed by atoms with Crippen LogP contribution in [-0.2, 0) is 11.2 Å². The molecule has 0 aromatic heterocycles. The van der Waals surface area contributed by atoms with Gasteiger partial charge in [0.15, 0.2) is 5.11 Å². The molecule has 3 rings (SSSR count). The van der Waals surface area contributed by atoms with E-state index in [1.54, 1.807) is 0 Å². The van der Waals surface area contributed by atoms with Crippen LogP contribution in [-0.4, -0.2) is 11.0 Å². The molecule has 3 aromatic carbocycles. The van der Waals surface area contributed by atoms with Crippen LogP contribution in [0.3, 0.4) is 0 Å². The largest absolute Gasteiger partial charge is 0.331 e. The highest BCUT2D eigenvalue weighted by Gasteiger charge is 2.22. The standard InChI is InChI=1S/C24H25N3OS/c1-3-18-16-10-11-17(2)22(18)25-24(29)27-26-23(28)21(19-12-6-4-7-13-19)20-14-8-5-9-15-20/h4-16,21H,3H2,1-2H3,(H,26,28)(H2,25,27,29). The summed E-state index contributed by atoms with van der Waals surface area (Å²) in [5, 5.41) is 3.56. The summed E-state index contributed by atoms with van der Waals surface area (Å²) in [4.78, 5) is 13.0. The lowest BCUT2D eigenvalue weighted by molar-refractivity contribution is -0.122. The normalized spacial score (nSPS) is 10.4. The minimum Gasteiger partial charge on any atom is -0.331 e. The van der Waals surface area contributed by atoms with E-state index in [4.69, 9.17) is 12.2 Å². The van der Waals surface area contributed by atoms with Crippen molar-refractivity contribution in [3.05, 3.63) is 101 Å².